The molecule has 2 rings (SSSR count). The molecule has 106 valence electrons. The molecule has 6 nitrogen and oxygen atoms in total. The lowest BCUT2D eigenvalue weighted by Crippen LogP contribution is -2.20. The summed E-state index contributed by atoms with van der Waals surface area (Å²) in [5.41, 5.74) is 0.0845. The highest BCUT2D eigenvalue weighted by Crippen LogP contribution is 2.20. The minimum absolute atomic E-state index is 0.108. The number of nitrogens with zero attached hydrogens (tertiary/aromatic N) is 2. The number of aromatic nitrogens is 2. The highest BCUT2D eigenvalue weighted by molar-refractivity contribution is 7.92. The topological polar surface area (TPSA) is 81.1 Å². The van der Waals surface area contributed by atoms with Gasteiger partial charge in [0.1, 0.15) is 10.0 Å². The first-order valence-corrected chi connectivity index (χ1v) is 7.64. The van der Waals surface area contributed by atoms with Gasteiger partial charge < -0.3 is 4.57 Å². The second-order valence-electron chi connectivity index (χ2n) is 3.94. The van der Waals surface area contributed by atoms with Crippen LogP contribution in [0, 0.1) is 0 Å². The number of pyridine rings is 2. The first-order valence-electron chi connectivity index (χ1n) is 5.78. The van der Waals surface area contributed by atoms with Crippen LogP contribution in [-0.4, -0.2) is 18.0 Å². The lowest BCUT2D eigenvalue weighted by atomic mass is 10.4. The Kier molecular flexibility index (Phi) is 4.10. The van der Waals surface area contributed by atoms with Crippen LogP contribution in [0.2, 0.25) is 5.15 Å². The number of hydrogen-bond donors (Lipinski definition) is 1. The van der Waals surface area contributed by atoms with Gasteiger partial charge in [-0.3, -0.25) is 9.52 Å². The van der Waals surface area contributed by atoms with E-state index < -0.39 is 10.0 Å². The van der Waals surface area contributed by atoms with Crippen LogP contribution in [0.4, 0.5) is 5.69 Å². The predicted molar refractivity (Wildman–Crippen MR) is 76.4 cm³/mol. The fourth-order valence-electron chi connectivity index (χ4n) is 1.62. The Morgan fingerprint density at radius 2 is 2.10 bits per heavy atom. The average Bonchev–Trinajstić information content (AvgIpc) is 2.41. The lowest BCUT2D eigenvalue weighted by Gasteiger charge is -2.10. The van der Waals surface area contributed by atoms with Crippen LogP contribution in [0.3, 0.4) is 0 Å². The Bertz CT molecular complexity index is 787. The Morgan fingerprint density at radius 1 is 1.35 bits per heavy atom. The minimum Gasteiger partial charge on any atom is -0.314 e. The van der Waals surface area contributed by atoms with Crippen LogP contribution >= 0.6 is 11.6 Å². The molecule has 0 aromatic carbocycles. The molecule has 2 heterocycles. The molecule has 0 bridgehead atoms. The van der Waals surface area contributed by atoms with Gasteiger partial charge in [-0.25, -0.2) is 13.4 Å². The van der Waals surface area contributed by atoms with E-state index >= 15 is 0 Å². The summed E-state index contributed by atoms with van der Waals surface area (Å²) in [7, 11) is -3.84. The normalized spacial score (nSPS) is 11.3. The molecule has 0 aliphatic rings. The standard InChI is InChI=1S/C12H12ClN3O3S/c1-2-16-8-9(5-6-11(16)17)15-20(18,19)10-4-3-7-14-12(10)13/h3-8,15H,2H2,1H3. The van der Waals surface area contributed by atoms with Crippen molar-refractivity contribution in [3.63, 3.8) is 0 Å². The second kappa shape index (κ2) is 5.64. The molecule has 1 N–H and O–H groups in total. The van der Waals surface area contributed by atoms with E-state index in [1.165, 1.54) is 41.2 Å². The van der Waals surface area contributed by atoms with Crippen molar-refractivity contribution in [2.75, 3.05) is 4.72 Å². The molecule has 8 heteroatoms. The molecule has 0 fully saturated rings. The zero-order valence-corrected chi connectivity index (χ0v) is 12.1. The largest absolute Gasteiger partial charge is 0.314 e. The Balaban J connectivity index is 2.39. The SMILES string of the molecule is CCn1cc(NS(=O)(=O)c2cccnc2Cl)ccc1=O. The summed E-state index contributed by atoms with van der Waals surface area (Å²) in [5, 5.41) is -0.108. The van der Waals surface area contributed by atoms with E-state index in [0.717, 1.165) is 0 Å². The highest BCUT2D eigenvalue weighted by atomic mass is 35.5. The molecule has 0 aliphatic carbocycles. The molecule has 0 aliphatic heterocycles. The molecule has 20 heavy (non-hydrogen) atoms. The summed E-state index contributed by atoms with van der Waals surface area (Å²) in [4.78, 5) is 15.1. The fourth-order valence-corrected chi connectivity index (χ4v) is 3.12. The maximum Gasteiger partial charge on any atom is 0.265 e. The van der Waals surface area contributed by atoms with Gasteiger partial charge in [-0.15, -0.1) is 0 Å². The maximum absolute atomic E-state index is 12.2. The van der Waals surface area contributed by atoms with Gasteiger partial charge in [0.2, 0.25) is 0 Å². The third-order valence-electron chi connectivity index (χ3n) is 2.59. The minimum atomic E-state index is -3.84. The number of sulfonamides is 1. The quantitative estimate of drug-likeness (QED) is 0.871. The molecular weight excluding hydrogens is 302 g/mol. The smallest absolute Gasteiger partial charge is 0.265 e. The van der Waals surface area contributed by atoms with Gasteiger partial charge in [-0.2, -0.15) is 0 Å². The van der Waals surface area contributed by atoms with E-state index in [-0.39, 0.29) is 21.3 Å². The van der Waals surface area contributed by atoms with Crippen LogP contribution in [0.15, 0.2) is 46.3 Å². The van der Waals surface area contributed by atoms with E-state index in [1.54, 1.807) is 6.92 Å². The van der Waals surface area contributed by atoms with Gasteiger partial charge in [0.15, 0.2) is 0 Å². The van der Waals surface area contributed by atoms with E-state index in [1.807, 2.05) is 0 Å². The van der Waals surface area contributed by atoms with Crippen molar-refractivity contribution in [2.24, 2.45) is 0 Å². The zero-order valence-electron chi connectivity index (χ0n) is 10.6. The Morgan fingerprint density at radius 3 is 2.75 bits per heavy atom. The fraction of sp³-hybridized carbons (Fsp3) is 0.167. The van der Waals surface area contributed by atoms with E-state index in [9.17, 15) is 13.2 Å². The number of rotatable bonds is 4. The van der Waals surface area contributed by atoms with Crippen molar-refractivity contribution in [1.29, 1.82) is 0 Å². The van der Waals surface area contributed by atoms with Crippen LogP contribution in [0.1, 0.15) is 6.92 Å². The van der Waals surface area contributed by atoms with E-state index in [4.69, 9.17) is 11.6 Å². The number of anilines is 1. The van der Waals surface area contributed by atoms with Crippen LogP contribution in [0.5, 0.6) is 0 Å². The van der Waals surface area contributed by atoms with Crippen LogP contribution < -0.4 is 10.3 Å². The number of hydrogen-bond acceptors (Lipinski definition) is 4. The van der Waals surface area contributed by atoms with Crippen molar-refractivity contribution in [3.05, 3.63) is 52.2 Å². The van der Waals surface area contributed by atoms with E-state index in [0.29, 0.717) is 6.54 Å². The van der Waals surface area contributed by atoms with Crippen molar-refractivity contribution in [2.45, 2.75) is 18.4 Å². The van der Waals surface area contributed by atoms with Crippen LogP contribution in [-0.2, 0) is 16.6 Å². The molecule has 0 amide bonds. The van der Waals surface area contributed by atoms with Gasteiger partial charge in [0.25, 0.3) is 15.6 Å². The molecule has 0 atom stereocenters. The lowest BCUT2D eigenvalue weighted by molar-refractivity contribution is 0.600. The third-order valence-corrected chi connectivity index (χ3v) is 4.42. The van der Waals surface area contributed by atoms with Gasteiger partial charge in [-0.1, -0.05) is 11.6 Å². The molecule has 0 unspecified atom stereocenters. The number of aryl methyl sites for hydroxylation is 1. The summed E-state index contributed by atoms with van der Waals surface area (Å²) in [5.74, 6) is 0. The summed E-state index contributed by atoms with van der Waals surface area (Å²) in [6.07, 6.45) is 2.84. The molecule has 2 aromatic rings. The Hall–Kier alpha value is -1.86. The molecule has 0 saturated carbocycles. The third kappa shape index (κ3) is 3.00. The van der Waals surface area contributed by atoms with Crippen molar-refractivity contribution in [3.8, 4) is 0 Å². The van der Waals surface area contributed by atoms with Crippen molar-refractivity contribution in [1.82, 2.24) is 9.55 Å². The molecular formula is C12H12ClN3O3S. The van der Waals surface area contributed by atoms with Crippen molar-refractivity contribution >= 4 is 27.3 Å². The highest BCUT2D eigenvalue weighted by Gasteiger charge is 2.18. The summed E-state index contributed by atoms with van der Waals surface area (Å²) in [6.45, 7) is 2.24. The van der Waals surface area contributed by atoms with Gasteiger partial charge in [-0.05, 0) is 25.1 Å². The maximum atomic E-state index is 12.2. The molecule has 0 saturated heterocycles. The first kappa shape index (κ1) is 14.5. The van der Waals surface area contributed by atoms with Crippen molar-refractivity contribution < 1.29 is 8.42 Å². The Labute approximate surface area is 121 Å². The van der Waals surface area contributed by atoms with Gasteiger partial charge >= 0.3 is 0 Å². The number of halogens is 1. The van der Waals surface area contributed by atoms with E-state index in [2.05, 4.69) is 9.71 Å². The monoisotopic (exact) mass is 313 g/mol. The van der Waals surface area contributed by atoms with Gasteiger partial charge in [0, 0.05) is 25.0 Å². The zero-order chi connectivity index (χ0) is 14.8. The molecule has 0 radical (unpaired) electrons. The summed E-state index contributed by atoms with van der Waals surface area (Å²) >= 11 is 5.77. The summed E-state index contributed by atoms with van der Waals surface area (Å²) < 4.78 is 28.1. The molecule has 0 spiro atoms. The first-order chi connectivity index (χ1) is 9.44. The van der Waals surface area contributed by atoms with Crippen LogP contribution in [0.25, 0.3) is 0 Å². The second-order valence-corrected chi connectivity index (χ2v) is 5.95. The summed E-state index contributed by atoms with van der Waals surface area (Å²) in [6, 6.07) is 5.53. The number of nitrogens with one attached hydrogen (secondary N) is 1. The average molecular weight is 314 g/mol. The van der Waals surface area contributed by atoms with Gasteiger partial charge in [0.05, 0.1) is 5.69 Å². The molecule has 2 aromatic heterocycles. The predicted octanol–water partition coefficient (Wildman–Crippen LogP) is 1.72.